The number of benzene rings is 1. The van der Waals surface area contributed by atoms with E-state index in [1.807, 2.05) is 35.0 Å². The average molecular weight is 298 g/mol. The molecule has 0 bridgehead atoms. The number of aromatic nitrogens is 3. The number of anilines is 1. The highest BCUT2D eigenvalue weighted by Crippen LogP contribution is 2.25. The predicted octanol–water partition coefficient (Wildman–Crippen LogP) is 3.28. The summed E-state index contributed by atoms with van der Waals surface area (Å²) in [6, 6.07) is 9.69. The van der Waals surface area contributed by atoms with Gasteiger partial charge in [-0.3, -0.25) is 4.40 Å². The molecule has 22 heavy (non-hydrogen) atoms. The second-order valence-electron chi connectivity index (χ2n) is 5.34. The highest BCUT2D eigenvalue weighted by Gasteiger charge is 2.21. The zero-order chi connectivity index (χ0) is 14.9. The molecule has 112 valence electrons. The fourth-order valence-electron chi connectivity index (χ4n) is 2.31. The molecule has 1 fully saturated rings. The van der Waals surface area contributed by atoms with Gasteiger partial charge in [0.1, 0.15) is 11.6 Å². The summed E-state index contributed by atoms with van der Waals surface area (Å²) in [6.45, 7) is -0.825. The number of halogens is 1. The van der Waals surface area contributed by atoms with Crippen molar-refractivity contribution >= 4 is 11.6 Å². The second kappa shape index (κ2) is 5.29. The van der Waals surface area contributed by atoms with Crippen LogP contribution in [0.3, 0.4) is 0 Å². The fraction of sp³-hybridized carbons (Fsp3) is 0.250. The summed E-state index contributed by atoms with van der Waals surface area (Å²) in [6.07, 6.45) is 6.29. The number of ether oxygens (including phenoxy) is 1. The van der Waals surface area contributed by atoms with Crippen molar-refractivity contribution in [2.24, 2.45) is 0 Å². The molecule has 1 aliphatic carbocycles. The Kier molecular flexibility index (Phi) is 3.14. The van der Waals surface area contributed by atoms with Gasteiger partial charge in [-0.05, 0) is 43.2 Å². The summed E-state index contributed by atoms with van der Waals surface area (Å²) in [7, 11) is 0. The Labute approximate surface area is 126 Å². The molecule has 3 aromatic rings. The van der Waals surface area contributed by atoms with Crippen LogP contribution in [-0.2, 0) is 0 Å². The van der Waals surface area contributed by atoms with E-state index in [4.69, 9.17) is 4.74 Å². The molecular weight excluding hydrogens is 283 g/mol. The Balaban J connectivity index is 1.63. The van der Waals surface area contributed by atoms with Gasteiger partial charge in [-0.2, -0.15) is 4.98 Å². The molecule has 1 N–H and O–H groups in total. The van der Waals surface area contributed by atoms with Crippen molar-refractivity contribution in [1.82, 2.24) is 14.4 Å². The van der Waals surface area contributed by atoms with Gasteiger partial charge in [-0.1, -0.05) is 0 Å². The van der Waals surface area contributed by atoms with Crippen molar-refractivity contribution < 1.29 is 9.13 Å². The lowest BCUT2D eigenvalue weighted by molar-refractivity contribution is 0.192. The number of imidazole rings is 1. The molecule has 1 aromatic carbocycles. The zero-order valence-electron chi connectivity index (χ0n) is 11.9. The van der Waals surface area contributed by atoms with E-state index in [0.717, 1.165) is 17.1 Å². The van der Waals surface area contributed by atoms with Gasteiger partial charge in [-0.15, -0.1) is 0 Å². The average Bonchev–Trinajstić information content (AvgIpc) is 3.24. The van der Waals surface area contributed by atoms with Crippen molar-refractivity contribution in [3.63, 3.8) is 0 Å². The topological polar surface area (TPSA) is 51.5 Å². The summed E-state index contributed by atoms with van der Waals surface area (Å²) < 4.78 is 18.8. The molecule has 0 saturated heterocycles. The van der Waals surface area contributed by atoms with Crippen LogP contribution in [-0.4, -0.2) is 27.3 Å². The largest absolute Gasteiger partial charge is 0.463 e. The molecule has 5 nitrogen and oxygen atoms in total. The molecule has 2 heterocycles. The van der Waals surface area contributed by atoms with Crippen molar-refractivity contribution in [3.05, 3.63) is 42.7 Å². The maximum Gasteiger partial charge on any atom is 0.236 e. The minimum atomic E-state index is -0.825. The number of hydrogen-bond donors (Lipinski definition) is 1. The first-order chi connectivity index (χ1) is 10.8. The SMILES string of the molecule is FCOc1ccc(-c2cn3ccc(NC4CC4)nc3n2)cc1. The third-order valence-electron chi connectivity index (χ3n) is 3.63. The summed E-state index contributed by atoms with van der Waals surface area (Å²) >= 11 is 0. The molecule has 0 aliphatic heterocycles. The molecule has 2 aromatic heterocycles. The summed E-state index contributed by atoms with van der Waals surface area (Å²) in [4.78, 5) is 9.06. The maximum atomic E-state index is 12.1. The lowest BCUT2D eigenvalue weighted by Crippen LogP contribution is -2.03. The molecular formula is C16H15FN4O. The van der Waals surface area contributed by atoms with Crippen LogP contribution in [0.2, 0.25) is 0 Å². The quantitative estimate of drug-likeness (QED) is 0.785. The number of nitrogens with one attached hydrogen (secondary N) is 1. The van der Waals surface area contributed by atoms with Crippen LogP contribution in [0.15, 0.2) is 42.7 Å². The van der Waals surface area contributed by atoms with E-state index in [9.17, 15) is 4.39 Å². The van der Waals surface area contributed by atoms with Crippen LogP contribution in [0.5, 0.6) is 5.75 Å². The van der Waals surface area contributed by atoms with Crippen molar-refractivity contribution in [2.45, 2.75) is 18.9 Å². The van der Waals surface area contributed by atoms with E-state index in [-0.39, 0.29) is 0 Å². The van der Waals surface area contributed by atoms with E-state index in [1.54, 1.807) is 12.1 Å². The summed E-state index contributed by atoms with van der Waals surface area (Å²) in [5.41, 5.74) is 1.76. The first-order valence-corrected chi connectivity index (χ1v) is 7.23. The van der Waals surface area contributed by atoms with E-state index >= 15 is 0 Å². The molecule has 4 rings (SSSR count). The van der Waals surface area contributed by atoms with Gasteiger partial charge >= 0.3 is 0 Å². The van der Waals surface area contributed by atoms with Gasteiger partial charge in [-0.25, -0.2) is 9.37 Å². The van der Waals surface area contributed by atoms with Gasteiger partial charge in [0.25, 0.3) is 0 Å². The Morgan fingerprint density at radius 1 is 1.18 bits per heavy atom. The van der Waals surface area contributed by atoms with Gasteiger partial charge in [0.2, 0.25) is 12.6 Å². The monoisotopic (exact) mass is 298 g/mol. The lowest BCUT2D eigenvalue weighted by Gasteiger charge is -2.02. The molecule has 0 spiro atoms. The lowest BCUT2D eigenvalue weighted by atomic mass is 10.2. The van der Waals surface area contributed by atoms with Crippen molar-refractivity contribution in [2.75, 3.05) is 12.2 Å². The second-order valence-corrected chi connectivity index (χ2v) is 5.34. The molecule has 0 radical (unpaired) electrons. The standard InChI is InChI=1S/C16H15FN4O/c17-10-22-13-5-1-11(2-6-13)14-9-21-8-7-15(18-12-3-4-12)20-16(21)19-14/h1-2,5-9,12H,3-4,10H2,(H,18,19,20). The molecule has 6 heteroatoms. The first-order valence-electron chi connectivity index (χ1n) is 7.23. The molecule has 0 atom stereocenters. The van der Waals surface area contributed by atoms with Gasteiger partial charge in [0, 0.05) is 24.0 Å². The normalized spacial score (nSPS) is 14.2. The predicted molar refractivity (Wildman–Crippen MR) is 81.7 cm³/mol. The Hall–Kier alpha value is -2.63. The fourth-order valence-corrected chi connectivity index (χ4v) is 2.31. The molecule has 1 aliphatic rings. The summed E-state index contributed by atoms with van der Waals surface area (Å²) in [5, 5.41) is 3.36. The van der Waals surface area contributed by atoms with E-state index in [0.29, 0.717) is 17.6 Å². The zero-order valence-corrected chi connectivity index (χ0v) is 11.9. The minimum Gasteiger partial charge on any atom is -0.463 e. The van der Waals surface area contributed by atoms with Crippen LogP contribution in [0.1, 0.15) is 12.8 Å². The highest BCUT2D eigenvalue weighted by molar-refractivity contribution is 5.62. The number of hydrogen-bond acceptors (Lipinski definition) is 4. The number of rotatable bonds is 5. The minimum absolute atomic E-state index is 0.504. The van der Waals surface area contributed by atoms with Crippen LogP contribution < -0.4 is 10.1 Å². The number of alkyl halides is 1. The highest BCUT2D eigenvalue weighted by atomic mass is 19.1. The Morgan fingerprint density at radius 3 is 2.73 bits per heavy atom. The van der Waals surface area contributed by atoms with Gasteiger partial charge in [0.05, 0.1) is 5.69 Å². The number of fused-ring (bicyclic) bond motifs is 1. The van der Waals surface area contributed by atoms with E-state index in [1.165, 1.54) is 12.8 Å². The molecule has 0 unspecified atom stereocenters. The van der Waals surface area contributed by atoms with Gasteiger partial charge < -0.3 is 10.1 Å². The van der Waals surface area contributed by atoms with E-state index in [2.05, 4.69) is 15.3 Å². The summed E-state index contributed by atoms with van der Waals surface area (Å²) in [5.74, 6) is 2.02. The maximum absolute atomic E-state index is 12.1. The van der Waals surface area contributed by atoms with E-state index < -0.39 is 6.86 Å². The number of nitrogens with zero attached hydrogens (tertiary/aromatic N) is 3. The third-order valence-corrected chi connectivity index (χ3v) is 3.63. The van der Waals surface area contributed by atoms with Crippen LogP contribution >= 0.6 is 0 Å². The van der Waals surface area contributed by atoms with Crippen molar-refractivity contribution in [3.8, 4) is 17.0 Å². The molecule has 1 saturated carbocycles. The van der Waals surface area contributed by atoms with Crippen LogP contribution in [0, 0.1) is 0 Å². The third kappa shape index (κ3) is 2.59. The molecule has 0 amide bonds. The first kappa shape index (κ1) is 13.1. The van der Waals surface area contributed by atoms with Crippen molar-refractivity contribution in [1.29, 1.82) is 0 Å². The van der Waals surface area contributed by atoms with Gasteiger partial charge in [0.15, 0.2) is 0 Å². The Bertz CT molecular complexity index is 796. The smallest absolute Gasteiger partial charge is 0.236 e. The Morgan fingerprint density at radius 2 is 2.00 bits per heavy atom. The van der Waals surface area contributed by atoms with Crippen LogP contribution in [0.25, 0.3) is 17.0 Å². The van der Waals surface area contributed by atoms with Crippen LogP contribution in [0.4, 0.5) is 10.2 Å².